The van der Waals surface area contributed by atoms with E-state index in [1.807, 2.05) is 60.7 Å². The van der Waals surface area contributed by atoms with Crippen LogP contribution in [0.25, 0.3) is 11.3 Å². The van der Waals surface area contributed by atoms with Crippen molar-refractivity contribution in [2.45, 2.75) is 95.7 Å². The maximum atomic E-state index is 13.8. The highest BCUT2D eigenvalue weighted by molar-refractivity contribution is 6.04. The number of carbonyl (C=O) groups excluding carboxylic acids is 4. The molecule has 0 radical (unpaired) electrons. The number of piperidine rings is 5. The molecule has 374 valence electrons. The Morgan fingerprint density at radius 2 is 1.41 bits per heavy atom. The zero-order chi connectivity index (χ0) is 48.6. The van der Waals surface area contributed by atoms with Gasteiger partial charge in [0, 0.05) is 81.4 Å². The van der Waals surface area contributed by atoms with Gasteiger partial charge < -0.3 is 45.6 Å². The summed E-state index contributed by atoms with van der Waals surface area (Å²) in [4.78, 5) is 63.7. The highest BCUT2D eigenvalue weighted by Crippen LogP contribution is 2.41. The Balaban J connectivity index is 0.597. The molecule has 5 fully saturated rings. The Morgan fingerprint density at radius 1 is 0.746 bits per heavy atom. The number of nitrogens with one attached hydrogen (secondary N) is 2. The lowest BCUT2D eigenvalue weighted by Gasteiger charge is -2.42. The Hall–Kier alpha value is -6.35. The summed E-state index contributed by atoms with van der Waals surface area (Å²) in [7, 11) is 0. The molecule has 3 aromatic carbocycles. The van der Waals surface area contributed by atoms with Crippen molar-refractivity contribution in [2.24, 2.45) is 29.4 Å². The van der Waals surface area contributed by atoms with Crippen LogP contribution >= 0.6 is 0 Å². The van der Waals surface area contributed by atoms with Gasteiger partial charge in [-0.3, -0.25) is 14.4 Å². The maximum Gasteiger partial charge on any atom is 0.319 e. The molecule has 2 atom stereocenters. The molecule has 5 saturated heterocycles. The summed E-state index contributed by atoms with van der Waals surface area (Å²) in [5.41, 5.74) is 11.5. The van der Waals surface area contributed by atoms with Crippen LogP contribution in [0.3, 0.4) is 0 Å². The second-order valence-electron chi connectivity index (χ2n) is 21.5. The molecule has 8 heterocycles. The number of likely N-dealkylation sites (tertiary alicyclic amines) is 3. The molecule has 15 nitrogen and oxygen atoms in total. The van der Waals surface area contributed by atoms with Crippen LogP contribution in [0.1, 0.15) is 109 Å². The zero-order valence-corrected chi connectivity index (χ0v) is 41.1. The van der Waals surface area contributed by atoms with Crippen molar-refractivity contribution in [2.75, 3.05) is 75.7 Å². The minimum absolute atomic E-state index is 0.0489. The molecule has 0 aliphatic carbocycles. The molecule has 0 spiro atoms. The SMILES string of the molecule is C=C1CCC(N2Cc3cc(N4CCC(CC5CCN(C(=O)N6CCC(CN7CCC([C@@H]8CCNc9c(C(N)=O)c(-c%10ccc(Oc%11ccccc%11)cc%10)nn98)CC7)CC6)CC5)CC4)ccc3C2=O)C(=O)N1. The number of allylic oxidation sites excluding steroid dienone is 1. The highest BCUT2D eigenvalue weighted by atomic mass is 16.5. The van der Waals surface area contributed by atoms with Gasteiger partial charge >= 0.3 is 6.03 Å². The minimum Gasteiger partial charge on any atom is -0.457 e. The molecule has 0 saturated carbocycles. The van der Waals surface area contributed by atoms with Crippen molar-refractivity contribution in [3.63, 3.8) is 0 Å². The number of para-hydroxylation sites is 1. The van der Waals surface area contributed by atoms with E-state index < -0.39 is 11.9 Å². The maximum absolute atomic E-state index is 13.8. The van der Waals surface area contributed by atoms with Gasteiger partial charge in [-0.25, -0.2) is 9.48 Å². The normalized spacial score (nSPS) is 23.1. The average molecular weight is 963 g/mol. The standard InChI is InChI=1S/C56H70N10O5/c1-37-7-14-49(54(68)59-37)65-36-43-34-44(10-13-47(43)55(65)69)62-27-16-38(17-28-62)33-39-18-29-63(30-19-39)56(70)64-31-20-40(21-32-64)35-61-25-22-41(23-26-61)48-15-24-58-53-50(52(57)67)51(60-66(48)53)42-8-11-46(12-9-42)71-45-5-3-2-4-6-45/h2-6,8-13,34,38-41,48-49,58H,1,7,14-33,35-36H2,(H2,57,67)(H,59,68)/t48-,49?/m0/s1. The third-order valence-electron chi connectivity index (χ3n) is 17.0. The first-order valence-corrected chi connectivity index (χ1v) is 26.5. The first-order chi connectivity index (χ1) is 34.6. The van der Waals surface area contributed by atoms with Gasteiger partial charge in [0.15, 0.2) is 0 Å². The topological polar surface area (TPSA) is 162 Å². The van der Waals surface area contributed by atoms with Crippen LogP contribution in [-0.2, 0) is 11.3 Å². The molecule has 1 aromatic heterocycles. The van der Waals surface area contributed by atoms with E-state index in [4.69, 9.17) is 15.6 Å². The van der Waals surface area contributed by atoms with Gasteiger partial charge in [0.05, 0.1) is 6.04 Å². The minimum atomic E-state index is -0.477. The summed E-state index contributed by atoms with van der Waals surface area (Å²) in [6.07, 6.45) is 12.3. The fourth-order valence-corrected chi connectivity index (χ4v) is 13.0. The van der Waals surface area contributed by atoms with E-state index in [1.54, 1.807) is 4.90 Å². The lowest BCUT2D eigenvalue weighted by molar-refractivity contribution is -0.126. The van der Waals surface area contributed by atoms with Crippen LogP contribution in [0.15, 0.2) is 85.1 Å². The number of hydrogen-bond donors (Lipinski definition) is 3. The Kier molecular flexibility index (Phi) is 13.5. The molecular weight excluding hydrogens is 893 g/mol. The van der Waals surface area contributed by atoms with Crippen molar-refractivity contribution in [3.05, 3.63) is 102 Å². The number of anilines is 2. The largest absolute Gasteiger partial charge is 0.457 e. The number of urea groups is 1. The van der Waals surface area contributed by atoms with E-state index in [1.165, 1.54) is 12.1 Å². The number of ether oxygens (including phenoxy) is 1. The highest BCUT2D eigenvalue weighted by Gasteiger charge is 2.40. The van der Waals surface area contributed by atoms with E-state index in [0.717, 1.165) is 157 Å². The predicted octanol–water partition coefficient (Wildman–Crippen LogP) is 8.11. The Labute approximate surface area is 417 Å². The lowest BCUT2D eigenvalue weighted by atomic mass is 9.82. The number of nitrogens with two attached hydrogens (primary N) is 1. The number of carbonyl (C=O) groups is 4. The number of aromatic nitrogens is 2. The number of nitrogens with zero attached hydrogens (tertiary/aromatic N) is 7. The number of primary amides is 1. The smallest absolute Gasteiger partial charge is 0.319 e. The monoisotopic (exact) mass is 963 g/mol. The molecule has 7 aliphatic heterocycles. The van der Waals surface area contributed by atoms with Crippen molar-refractivity contribution in [3.8, 4) is 22.8 Å². The first-order valence-electron chi connectivity index (χ1n) is 26.5. The molecule has 11 rings (SSSR count). The van der Waals surface area contributed by atoms with Gasteiger partial charge in [0.2, 0.25) is 5.91 Å². The average Bonchev–Trinajstić information content (AvgIpc) is 3.95. The van der Waals surface area contributed by atoms with Crippen LogP contribution in [-0.4, -0.2) is 125 Å². The second-order valence-corrected chi connectivity index (χ2v) is 21.5. The first kappa shape index (κ1) is 47.0. The van der Waals surface area contributed by atoms with Gasteiger partial charge in [-0.05, 0) is 174 Å². The molecule has 15 heteroatoms. The van der Waals surface area contributed by atoms with Crippen molar-refractivity contribution >= 4 is 35.3 Å². The summed E-state index contributed by atoms with van der Waals surface area (Å²) in [6, 6.07) is 23.6. The second kappa shape index (κ2) is 20.4. The van der Waals surface area contributed by atoms with Gasteiger partial charge in [0.1, 0.15) is 34.6 Å². The van der Waals surface area contributed by atoms with Crippen LogP contribution in [0.5, 0.6) is 11.5 Å². The van der Waals surface area contributed by atoms with Crippen molar-refractivity contribution in [1.29, 1.82) is 0 Å². The third kappa shape index (κ3) is 9.99. The number of amides is 5. The zero-order valence-electron chi connectivity index (χ0n) is 41.1. The summed E-state index contributed by atoms with van der Waals surface area (Å²) >= 11 is 0. The summed E-state index contributed by atoms with van der Waals surface area (Å²) in [6.45, 7) is 13.8. The molecule has 0 bridgehead atoms. The van der Waals surface area contributed by atoms with Gasteiger partial charge in [0.25, 0.3) is 11.8 Å². The van der Waals surface area contributed by atoms with Gasteiger partial charge in [-0.1, -0.05) is 24.8 Å². The Bertz CT molecular complexity index is 2600. The van der Waals surface area contributed by atoms with Crippen LogP contribution < -0.4 is 26.0 Å². The molecule has 4 aromatic rings. The molecule has 1 unspecified atom stereocenters. The fraction of sp³-hybridized carbons (Fsp3) is 0.518. The molecule has 5 amide bonds. The lowest BCUT2D eigenvalue weighted by Crippen LogP contribution is -2.50. The van der Waals surface area contributed by atoms with E-state index in [0.29, 0.717) is 60.1 Å². The van der Waals surface area contributed by atoms with E-state index in [9.17, 15) is 19.2 Å². The summed E-state index contributed by atoms with van der Waals surface area (Å²) in [5, 5.41) is 11.4. The summed E-state index contributed by atoms with van der Waals surface area (Å²) < 4.78 is 8.07. The van der Waals surface area contributed by atoms with E-state index in [2.05, 4.69) is 53.6 Å². The predicted molar refractivity (Wildman–Crippen MR) is 274 cm³/mol. The molecule has 4 N–H and O–H groups in total. The summed E-state index contributed by atoms with van der Waals surface area (Å²) in [5.74, 6) is 3.99. The third-order valence-corrected chi connectivity index (χ3v) is 17.0. The van der Waals surface area contributed by atoms with Gasteiger partial charge in [-0.15, -0.1) is 0 Å². The quantitative estimate of drug-likeness (QED) is 0.135. The van der Waals surface area contributed by atoms with Crippen LogP contribution in [0.2, 0.25) is 0 Å². The van der Waals surface area contributed by atoms with Crippen LogP contribution in [0, 0.1) is 23.7 Å². The Morgan fingerprint density at radius 3 is 2.08 bits per heavy atom. The molecule has 7 aliphatic rings. The number of rotatable bonds is 11. The molecule has 71 heavy (non-hydrogen) atoms. The van der Waals surface area contributed by atoms with Crippen LogP contribution in [0.4, 0.5) is 16.3 Å². The van der Waals surface area contributed by atoms with Crippen molar-refractivity contribution < 1.29 is 23.9 Å². The fourth-order valence-electron chi connectivity index (χ4n) is 13.0. The van der Waals surface area contributed by atoms with E-state index in [-0.39, 0.29) is 23.9 Å². The number of benzene rings is 3. The number of hydrogen-bond acceptors (Lipinski definition) is 9. The molecular formula is C56H70N10O5. The van der Waals surface area contributed by atoms with Gasteiger partial charge in [-0.2, -0.15) is 5.10 Å². The number of fused-ring (bicyclic) bond motifs is 2. The van der Waals surface area contributed by atoms with E-state index >= 15 is 0 Å². The van der Waals surface area contributed by atoms with Crippen molar-refractivity contribution in [1.82, 2.24) is 34.7 Å².